The first-order valence-electron chi connectivity index (χ1n) is 8.83. The summed E-state index contributed by atoms with van der Waals surface area (Å²) in [7, 11) is 0. The van der Waals surface area contributed by atoms with E-state index in [1.807, 2.05) is 29.3 Å². The first-order chi connectivity index (χ1) is 13.5. The molecule has 7 heteroatoms. The van der Waals surface area contributed by atoms with Crippen molar-refractivity contribution in [1.82, 2.24) is 5.01 Å². The van der Waals surface area contributed by atoms with Crippen LogP contribution in [-0.2, 0) is 0 Å². The Balaban J connectivity index is 1.63. The third-order valence-electron chi connectivity index (χ3n) is 5.01. The number of fused-ring (bicyclic) bond motifs is 3. The van der Waals surface area contributed by atoms with E-state index in [0.717, 1.165) is 33.5 Å². The highest BCUT2D eigenvalue weighted by molar-refractivity contribution is 9.10. The van der Waals surface area contributed by atoms with Gasteiger partial charge in [-0.25, -0.2) is 5.01 Å². The number of thiophene rings is 1. The first-order valence-corrected chi connectivity index (χ1v) is 11.2. The molecule has 142 valence electrons. The van der Waals surface area contributed by atoms with Gasteiger partial charge in [0, 0.05) is 31.9 Å². The van der Waals surface area contributed by atoms with Gasteiger partial charge < -0.3 is 4.74 Å². The summed E-state index contributed by atoms with van der Waals surface area (Å²) < 4.78 is 7.40. The highest BCUT2D eigenvalue weighted by atomic mass is 79.9. The topological polar surface area (TPSA) is 24.8 Å². The van der Waals surface area contributed by atoms with E-state index in [9.17, 15) is 0 Å². The molecule has 0 spiro atoms. The monoisotopic (exact) mass is 492 g/mol. The van der Waals surface area contributed by atoms with Gasteiger partial charge in [-0.2, -0.15) is 5.10 Å². The van der Waals surface area contributed by atoms with E-state index in [1.54, 1.807) is 17.4 Å². The lowest BCUT2D eigenvalue weighted by atomic mass is 9.97. The van der Waals surface area contributed by atoms with Crippen LogP contribution < -0.4 is 4.74 Å². The minimum absolute atomic E-state index is 0.0930. The summed E-state index contributed by atoms with van der Waals surface area (Å²) in [5.74, 6) is 0.860. The molecule has 5 rings (SSSR count). The number of hydrazone groups is 1. The Hall–Kier alpha value is -1.53. The molecule has 0 bridgehead atoms. The van der Waals surface area contributed by atoms with E-state index in [4.69, 9.17) is 33.0 Å². The van der Waals surface area contributed by atoms with E-state index in [0.29, 0.717) is 10.0 Å². The Labute approximate surface area is 185 Å². The molecular weight excluding hydrogens is 479 g/mol. The van der Waals surface area contributed by atoms with Crippen molar-refractivity contribution in [3.05, 3.63) is 83.9 Å². The van der Waals surface area contributed by atoms with Crippen LogP contribution in [0.5, 0.6) is 5.75 Å². The zero-order valence-corrected chi connectivity index (χ0v) is 18.7. The molecule has 3 heterocycles. The largest absolute Gasteiger partial charge is 0.464 e. The number of benzene rings is 2. The summed E-state index contributed by atoms with van der Waals surface area (Å²) in [5, 5.41) is 8.19. The van der Waals surface area contributed by atoms with Crippen LogP contribution in [0.4, 0.5) is 0 Å². The fourth-order valence-corrected chi connectivity index (χ4v) is 5.45. The zero-order chi connectivity index (χ0) is 19.4. The Morgan fingerprint density at radius 1 is 1.11 bits per heavy atom. The molecule has 0 unspecified atom stereocenters. The Morgan fingerprint density at radius 2 is 1.96 bits per heavy atom. The lowest BCUT2D eigenvalue weighted by Crippen LogP contribution is -2.33. The summed E-state index contributed by atoms with van der Waals surface area (Å²) in [4.78, 5) is 2.48. The van der Waals surface area contributed by atoms with Crippen LogP contribution in [-0.4, -0.2) is 10.7 Å². The predicted molar refractivity (Wildman–Crippen MR) is 119 cm³/mol. The lowest BCUT2D eigenvalue weighted by molar-refractivity contribution is -0.0190. The van der Waals surface area contributed by atoms with Crippen LogP contribution in [0.3, 0.4) is 0 Å². The molecular formula is C21H15BrCl2N2OS. The van der Waals surface area contributed by atoms with E-state index in [1.165, 1.54) is 9.75 Å². The molecule has 0 aliphatic carbocycles. The average Bonchev–Trinajstić information content (AvgIpc) is 3.28. The molecule has 0 radical (unpaired) electrons. The van der Waals surface area contributed by atoms with E-state index < -0.39 is 6.23 Å². The van der Waals surface area contributed by atoms with E-state index >= 15 is 0 Å². The number of aryl methyl sites for hydroxylation is 1. The second-order valence-corrected chi connectivity index (χ2v) is 9.92. The maximum absolute atomic E-state index is 6.52. The molecule has 2 aliphatic heterocycles. The van der Waals surface area contributed by atoms with Gasteiger partial charge in [0.2, 0.25) is 6.23 Å². The minimum Gasteiger partial charge on any atom is -0.464 e. The van der Waals surface area contributed by atoms with Crippen molar-refractivity contribution >= 4 is 56.2 Å². The number of nitrogens with zero attached hydrogens (tertiary/aromatic N) is 2. The SMILES string of the molecule is Cc1ccc(C2=NN3[C@H](C2)c2cc(Br)ccc2O[C@@H]3c2ccc(Cl)cc2Cl)s1. The lowest BCUT2D eigenvalue weighted by Gasteiger charge is -2.38. The third-order valence-corrected chi connectivity index (χ3v) is 7.11. The molecule has 0 fully saturated rings. The maximum Gasteiger partial charge on any atom is 0.215 e. The van der Waals surface area contributed by atoms with Gasteiger partial charge in [0.25, 0.3) is 0 Å². The molecule has 0 amide bonds. The van der Waals surface area contributed by atoms with Crippen molar-refractivity contribution in [2.75, 3.05) is 0 Å². The van der Waals surface area contributed by atoms with Gasteiger partial charge in [0.15, 0.2) is 0 Å². The second kappa shape index (κ2) is 7.06. The smallest absolute Gasteiger partial charge is 0.215 e. The molecule has 2 aliphatic rings. The van der Waals surface area contributed by atoms with Crippen molar-refractivity contribution in [2.45, 2.75) is 25.6 Å². The van der Waals surface area contributed by atoms with Crippen LogP contribution in [0, 0.1) is 6.92 Å². The molecule has 28 heavy (non-hydrogen) atoms. The van der Waals surface area contributed by atoms with Crippen LogP contribution in [0.15, 0.2) is 58.1 Å². The van der Waals surface area contributed by atoms with Gasteiger partial charge >= 0.3 is 0 Å². The average molecular weight is 494 g/mol. The molecule has 0 saturated heterocycles. The maximum atomic E-state index is 6.52. The molecule has 0 saturated carbocycles. The summed E-state index contributed by atoms with van der Waals surface area (Å²) in [5.41, 5.74) is 3.06. The fraction of sp³-hybridized carbons (Fsp3) is 0.190. The van der Waals surface area contributed by atoms with Crippen LogP contribution in [0.25, 0.3) is 0 Å². The molecule has 0 N–H and O–H groups in total. The van der Waals surface area contributed by atoms with Crippen molar-refractivity contribution in [1.29, 1.82) is 0 Å². The predicted octanol–water partition coefficient (Wildman–Crippen LogP) is 7.37. The van der Waals surface area contributed by atoms with Gasteiger partial charge in [-0.3, -0.25) is 0 Å². The van der Waals surface area contributed by atoms with Crippen molar-refractivity contribution in [2.24, 2.45) is 5.10 Å². The molecule has 1 aromatic heterocycles. The van der Waals surface area contributed by atoms with Gasteiger partial charge in [0.05, 0.1) is 21.7 Å². The second-order valence-electron chi connectivity index (χ2n) is 6.88. The Morgan fingerprint density at radius 3 is 2.71 bits per heavy atom. The van der Waals surface area contributed by atoms with Crippen molar-refractivity contribution in [3.63, 3.8) is 0 Å². The number of ether oxygens (including phenoxy) is 1. The quantitative estimate of drug-likeness (QED) is 0.372. The summed E-state index contributed by atoms with van der Waals surface area (Å²) >= 11 is 18.0. The number of rotatable bonds is 2. The number of halogens is 3. The van der Waals surface area contributed by atoms with Crippen LogP contribution in [0.1, 0.15) is 39.6 Å². The van der Waals surface area contributed by atoms with Crippen LogP contribution >= 0.6 is 50.5 Å². The van der Waals surface area contributed by atoms with Crippen molar-refractivity contribution in [3.8, 4) is 5.75 Å². The highest BCUT2D eigenvalue weighted by Crippen LogP contribution is 2.49. The number of hydrogen-bond acceptors (Lipinski definition) is 4. The summed E-state index contributed by atoms with van der Waals surface area (Å²) in [6, 6.07) is 16.0. The number of hydrogen-bond donors (Lipinski definition) is 0. The molecule has 2 atom stereocenters. The van der Waals surface area contributed by atoms with Gasteiger partial charge in [-0.15, -0.1) is 11.3 Å². The summed E-state index contributed by atoms with van der Waals surface area (Å²) in [6.07, 6.45) is 0.427. The first kappa shape index (κ1) is 18.5. The van der Waals surface area contributed by atoms with E-state index in [-0.39, 0.29) is 6.04 Å². The standard InChI is InChI=1S/C21H15BrCl2N2OS/c1-11-2-7-20(28-11)17-10-18-15-8-12(22)3-6-19(15)27-21(26(18)25-17)14-5-4-13(23)9-16(14)24/h2-9,18,21H,10H2,1H3/t18-,21-/m1/s1. The Bertz CT molecular complexity index is 1110. The third kappa shape index (κ3) is 3.14. The van der Waals surface area contributed by atoms with Gasteiger partial charge in [-0.1, -0.05) is 45.2 Å². The van der Waals surface area contributed by atoms with E-state index in [2.05, 4.69) is 41.1 Å². The minimum atomic E-state index is -0.401. The van der Waals surface area contributed by atoms with Gasteiger partial charge in [0.1, 0.15) is 5.75 Å². The molecule has 2 aromatic carbocycles. The normalized spacial score (nSPS) is 20.4. The Kier molecular flexibility index (Phi) is 4.67. The van der Waals surface area contributed by atoms with Crippen molar-refractivity contribution < 1.29 is 4.74 Å². The fourth-order valence-electron chi connectivity index (χ4n) is 3.70. The summed E-state index contributed by atoms with van der Waals surface area (Å²) in [6.45, 7) is 2.11. The van der Waals surface area contributed by atoms with Gasteiger partial charge in [-0.05, 0) is 49.4 Å². The highest BCUT2D eigenvalue weighted by Gasteiger charge is 2.42. The van der Waals surface area contributed by atoms with Crippen LogP contribution in [0.2, 0.25) is 10.0 Å². The zero-order valence-electron chi connectivity index (χ0n) is 14.8. The molecule has 3 aromatic rings. The molecule has 3 nitrogen and oxygen atoms in total.